The molecular formula is C14H19N3. The summed E-state index contributed by atoms with van der Waals surface area (Å²) in [6.45, 7) is 3.05. The maximum absolute atomic E-state index is 5.99. The topological polar surface area (TPSA) is 45.0 Å². The summed E-state index contributed by atoms with van der Waals surface area (Å²) >= 11 is 0. The van der Waals surface area contributed by atoms with Gasteiger partial charge in [-0.3, -0.25) is 0 Å². The molecule has 0 fully saturated rings. The Hall–Kier alpha value is -1.90. The van der Waals surface area contributed by atoms with Crippen LogP contribution in [0.25, 0.3) is 0 Å². The predicted molar refractivity (Wildman–Crippen MR) is 73.4 cm³/mol. The average Bonchev–Trinajstić information content (AvgIpc) is 2.82. The third kappa shape index (κ3) is 2.81. The van der Waals surface area contributed by atoms with Crippen molar-refractivity contribution < 1.29 is 0 Å². The van der Waals surface area contributed by atoms with E-state index in [9.17, 15) is 0 Å². The zero-order valence-corrected chi connectivity index (χ0v) is 10.4. The molecule has 3 nitrogen and oxygen atoms in total. The lowest BCUT2D eigenvalue weighted by Gasteiger charge is -2.21. The number of anilines is 2. The summed E-state index contributed by atoms with van der Waals surface area (Å²) < 4.78 is 0. The molecule has 2 aromatic rings. The van der Waals surface area contributed by atoms with E-state index in [-0.39, 0.29) is 0 Å². The molecule has 1 heterocycles. The van der Waals surface area contributed by atoms with E-state index in [0.717, 1.165) is 24.3 Å². The zero-order chi connectivity index (χ0) is 12.3. The van der Waals surface area contributed by atoms with Crippen molar-refractivity contribution in [3.63, 3.8) is 0 Å². The molecule has 0 aliphatic carbocycles. The number of nitrogen functional groups attached to an aromatic ring is 1. The Morgan fingerprint density at radius 1 is 1.29 bits per heavy atom. The first-order chi connectivity index (χ1) is 8.16. The number of hydrogen-bond donors (Lipinski definition) is 2. The van der Waals surface area contributed by atoms with Gasteiger partial charge in [0.25, 0.3) is 0 Å². The molecule has 3 N–H and O–H groups in total. The molecule has 3 heteroatoms. The number of likely N-dealkylation sites (N-methyl/N-ethyl adjacent to an activating group) is 1. The summed E-state index contributed by atoms with van der Waals surface area (Å²) in [6.07, 6.45) is 5.01. The largest absolute Gasteiger partial charge is 0.397 e. The SMILES string of the molecule is Cc1ccc(N)c(N(C)CCc2cc[nH]c2)c1. The fourth-order valence-electron chi connectivity index (χ4n) is 1.92. The highest BCUT2D eigenvalue weighted by atomic mass is 15.1. The smallest absolute Gasteiger partial charge is 0.0600 e. The monoisotopic (exact) mass is 229 g/mol. The van der Waals surface area contributed by atoms with Gasteiger partial charge in [-0.1, -0.05) is 6.07 Å². The van der Waals surface area contributed by atoms with Gasteiger partial charge in [0, 0.05) is 26.0 Å². The Bertz CT molecular complexity index is 474. The molecule has 0 radical (unpaired) electrons. The van der Waals surface area contributed by atoms with E-state index in [1.165, 1.54) is 11.1 Å². The molecule has 0 unspecified atom stereocenters. The molecule has 0 saturated carbocycles. The maximum Gasteiger partial charge on any atom is 0.0600 e. The second kappa shape index (κ2) is 4.95. The molecule has 0 spiro atoms. The summed E-state index contributed by atoms with van der Waals surface area (Å²) in [7, 11) is 2.08. The number of nitrogens with zero attached hydrogens (tertiary/aromatic N) is 1. The highest BCUT2D eigenvalue weighted by Crippen LogP contribution is 2.23. The van der Waals surface area contributed by atoms with Crippen molar-refractivity contribution in [2.45, 2.75) is 13.3 Å². The second-order valence-electron chi connectivity index (χ2n) is 4.45. The van der Waals surface area contributed by atoms with Crippen LogP contribution >= 0.6 is 0 Å². The normalized spacial score (nSPS) is 10.5. The Morgan fingerprint density at radius 2 is 2.12 bits per heavy atom. The predicted octanol–water partition coefficient (Wildman–Crippen LogP) is 2.58. The fraction of sp³-hybridized carbons (Fsp3) is 0.286. The van der Waals surface area contributed by atoms with Crippen LogP contribution in [0.5, 0.6) is 0 Å². The lowest BCUT2D eigenvalue weighted by atomic mass is 10.1. The molecule has 17 heavy (non-hydrogen) atoms. The Kier molecular flexibility index (Phi) is 3.38. The van der Waals surface area contributed by atoms with Crippen LogP contribution < -0.4 is 10.6 Å². The Morgan fingerprint density at radius 3 is 2.82 bits per heavy atom. The number of nitrogens with one attached hydrogen (secondary N) is 1. The highest BCUT2D eigenvalue weighted by Gasteiger charge is 2.05. The number of hydrogen-bond acceptors (Lipinski definition) is 2. The first-order valence-electron chi connectivity index (χ1n) is 5.86. The van der Waals surface area contributed by atoms with Crippen LogP contribution in [-0.2, 0) is 6.42 Å². The molecule has 0 amide bonds. The highest BCUT2D eigenvalue weighted by molar-refractivity contribution is 5.68. The summed E-state index contributed by atoms with van der Waals surface area (Å²) in [4.78, 5) is 5.27. The second-order valence-corrected chi connectivity index (χ2v) is 4.45. The number of H-pyrrole nitrogens is 1. The van der Waals surface area contributed by atoms with Gasteiger partial charge in [0.05, 0.1) is 11.4 Å². The van der Waals surface area contributed by atoms with Gasteiger partial charge in [0.2, 0.25) is 0 Å². The van der Waals surface area contributed by atoms with Crippen molar-refractivity contribution in [3.8, 4) is 0 Å². The molecule has 0 bridgehead atoms. The van der Waals surface area contributed by atoms with Crippen LogP contribution in [0.3, 0.4) is 0 Å². The standard InChI is InChI=1S/C14H19N3/c1-11-3-4-13(15)14(9-11)17(2)8-6-12-5-7-16-10-12/h3-5,7,9-10,16H,6,8,15H2,1-2H3. The average molecular weight is 229 g/mol. The van der Waals surface area contributed by atoms with E-state index in [2.05, 4.69) is 36.0 Å². The van der Waals surface area contributed by atoms with Gasteiger partial charge in [0.15, 0.2) is 0 Å². The zero-order valence-electron chi connectivity index (χ0n) is 10.4. The van der Waals surface area contributed by atoms with Gasteiger partial charge in [0.1, 0.15) is 0 Å². The number of aromatic amines is 1. The summed E-state index contributed by atoms with van der Waals surface area (Å²) in [5.74, 6) is 0. The van der Waals surface area contributed by atoms with Gasteiger partial charge >= 0.3 is 0 Å². The van der Waals surface area contributed by atoms with E-state index in [4.69, 9.17) is 5.73 Å². The molecule has 0 atom stereocenters. The number of rotatable bonds is 4. The number of aromatic nitrogens is 1. The van der Waals surface area contributed by atoms with Crippen molar-refractivity contribution in [1.82, 2.24) is 4.98 Å². The van der Waals surface area contributed by atoms with E-state index in [1.54, 1.807) is 0 Å². The molecule has 0 saturated heterocycles. The van der Waals surface area contributed by atoms with Crippen LogP contribution in [0, 0.1) is 6.92 Å². The van der Waals surface area contributed by atoms with Gasteiger partial charge in [-0.05, 0) is 42.7 Å². The van der Waals surface area contributed by atoms with Crippen LogP contribution in [0.2, 0.25) is 0 Å². The van der Waals surface area contributed by atoms with E-state index in [1.807, 2.05) is 24.5 Å². The van der Waals surface area contributed by atoms with Gasteiger partial charge in [-0.2, -0.15) is 0 Å². The summed E-state index contributed by atoms with van der Waals surface area (Å²) in [6, 6.07) is 8.25. The number of nitrogens with two attached hydrogens (primary N) is 1. The van der Waals surface area contributed by atoms with Crippen LogP contribution in [0.4, 0.5) is 11.4 Å². The fourth-order valence-corrected chi connectivity index (χ4v) is 1.92. The van der Waals surface area contributed by atoms with Crippen molar-refractivity contribution in [1.29, 1.82) is 0 Å². The van der Waals surface area contributed by atoms with Gasteiger partial charge in [-0.25, -0.2) is 0 Å². The molecular weight excluding hydrogens is 210 g/mol. The van der Waals surface area contributed by atoms with Crippen LogP contribution in [-0.4, -0.2) is 18.6 Å². The minimum absolute atomic E-state index is 0.840. The number of benzene rings is 1. The third-order valence-electron chi connectivity index (χ3n) is 3.00. The summed E-state index contributed by atoms with van der Waals surface area (Å²) in [5.41, 5.74) is 10.5. The van der Waals surface area contributed by atoms with Crippen molar-refractivity contribution >= 4 is 11.4 Å². The van der Waals surface area contributed by atoms with Gasteiger partial charge in [-0.15, -0.1) is 0 Å². The lowest BCUT2D eigenvalue weighted by Crippen LogP contribution is -2.21. The van der Waals surface area contributed by atoms with E-state index >= 15 is 0 Å². The van der Waals surface area contributed by atoms with E-state index in [0.29, 0.717) is 0 Å². The minimum Gasteiger partial charge on any atom is -0.397 e. The molecule has 2 rings (SSSR count). The minimum atomic E-state index is 0.840. The molecule has 1 aromatic heterocycles. The number of aryl methyl sites for hydroxylation is 1. The molecule has 1 aromatic carbocycles. The van der Waals surface area contributed by atoms with E-state index < -0.39 is 0 Å². The molecule has 90 valence electrons. The van der Waals surface area contributed by atoms with Gasteiger partial charge < -0.3 is 15.6 Å². The Balaban J connectivity index is 2.04. The maximum atomic E-state index is 5.99. The first kappa shape index (κ1) is 11.6. The lowest BCUT2D eigenvalue weighted by molar-refractivity contribution is 0.878. The summed E-state index contributed by atoms with van der Waals surface area (Å²) in [5, 5.41) is 0. The Labute approximate surface area is 102 Å². The van der Waals surface area contributed by atoms with Crippen molar-refractivity contribution in [3.05, 3.63) is 47.8 Å². The first-order valence-corrected chi connectivity index (χ1v) is 5.86. The van der Waals surface area contributed by atoms with Crippen molar-refractivity contribution in [2.75, 3.05) is 24.2 Å². The third-order valence-corrected chi connectivity index (χ3v) is 3.00. The quantitative estimate of drug-likeness (QED) is 0.791. The molecule has 0 aliphatic heterocycles. The van der Waals surface area contributed by atoms with Crippen molar-refractivity contribution in [2.24, 2.45) is 0 Å². The van der Waals surface area contributed by atoms with Crippen LogP contribution in [0.1, 0.15) is 11.1 Å². The van der Waals surface area contributed by atoms with Crippen LogP contribution in [0.15, 0.2) is 36.7 Å². The molecule has 0 aliphatic rings.